The maximum absolute atomic E-state index is 14.5. The van der Waals surface area contributed by atoms with Crippen LogP contribution in [0, 0.1) is 17.5 Å². The fourth-order valence-electron chi connectivity index (χ4n) is 4.66. The Labute approximate surface area is 203 Å². The van der Waals surface area contributed by atoms with Gasteiger partial charge in [-0.2, -0.15) is 0 Å². The highest BCUT2D eigenvalue weighted by atomic mass is 19.1. The van der Waals surface area contributed by atoms with Crippen LogP contribution in [0.1, 0.15) is 60.1 Å². The first-order valence-electron chi connectivity index (χ1n) is 11.9. The summed E-state index contributed by atoms with van der Waals surface area (Å²) in [5.41, 5.74) is 0.498. The molecule has 0 amide bonds. The van der Waals surface area contributed by atoms with Gasteiger partial charge in [0.1, 0.15) is 23.6 Å². The number of likely N-dealkylation sites (tertiary alicyclic amines) is 1. The summed E-state index contributed by atoms with van der Waals surface area (Å²) >= 11 is 0. The second kappa shape index (κ2) is 10.9. The van der Waals surface area contributed by atoms with Gasteiger partial charge >= 0.3 is 0 Å². The van der Waals surface area contributed by atoms with Crippen molar-refractivity contribution in [2.24, 2.45) is 0 Å². The quantitative estimate of drug-likeness (QED) is 0.421. The fraction of sp³-hybridized carbons (Fsp3) is 0.357. The zero-order valence-electron chi connectivity index (χ0n) is 19.4. The maximum Gasteiger partial charge on any atom is 0.129 e. The number of piperidine rings is 1. The van der Waals surface area contributed by atoms with Crippen LogP contribution < -0.4 is 0 Å². The highest BCUT2D eigenvalue weighted by Gasteiger charge is 2.34. The Balaban J connectivity index is 1.34. The summed E-state index contributed by atoms with van der Waals surface area (Å²) in [6, 6.07) is 15.4. The van der Waals surface area contributed by atoms with Gasteiger partial charge < -0.3 is 20.2 Å². The largest absolute Gasteiger partial charge is 0.388 e. The van der Waals surface area contributed by atoms with E-state index >= 15 is 0 Å². The lowest BCUT2D eigenvalue weighted by Gasteiger charge is -2.39. The molecule has 3 N–H and O–H groups in total. The first kappa shape index (κ1) is 25.4. The van der Waals surface area contributed by atoms with Crippen LogP contribution in [0.25, 0.3) is 0 Å². The Morgan fingerprint density at radius 3 is 1.97 bits per heavy atom. The Hall–Kier alpha value is -2.71. The summed E-state index contributed by atoms with van der Waals surface area (Å²) in [6.07, 6.45) is 0.279. The van der Waals surface area contributed by atoms with Crippen LogP contribution in [0.15, 0.2) is 66.7 Å². The van der Waals surface area contributed by atoms with Crippen molar-refractivity contribution in [2.45, 2.75) is 43.5 Å². The molecule has 3 aromatic rings. The second-order valence-electron chi connectivity index (χ2n) is 9.27. The molecule has 0 spiro atoms. The number of nitrogens with zero attached hydrogens (tertiary/aromatic N) is 1. The molecule has 1 aliphatic rings. The molecule has 4 rings (SSSR count). The minimum absolute atomic E-state index is 0.0414. The zero-order valence-corrected chi connectivity index (χ0v) is 19.4. The van der Waals surface area contributed by atoms with E-state index in [0.29, 0.717) is 49.0 Å². The van der Waals surface area contributed by atoms with Crippen molar-refractivity contribution in [3.63, 3.8) is 0 Å². The maximum atomic E-state index is 14.5. The van der Waals surface area contributed by atoms with Crippen LogP contribution in [-0.4, -0.2) is 39.9 Å². The Bertz CT molecular complexity index is 1110. The van der Waals surface area contributed by atoms with Crippen molar-refractivity contribution in [2.75, 3.05) is 19.6 Å². The lowest BCUT2D eigenvalue weighted by atomic mass is 9.83. The van der Waals surface area contributed by atoms with Gasteiger partial charge in [0.05, 0.1) is 11.7 Å². The normalized spacial score (nSPS) is 17.8. The summed E-state index contributed by atoms with van der Waals surface area (Å²) < 4.78 is 40.8. The van der Waals surface area contributed by atoms with E-state index in [2.05, 4.69) is 4.90 Å². The van der Waals surface area contributed by atoms with Crippen molar-refractivity contribution in [1.82, 2.24) is 4.90 Å². The van der Waals surface area contributed by atoms with Crippen LogP contribution in [0.2, 0.25) is 0 Å². The van der Waals surface area contributed by atoms with E-state index in [1.807, 2.05) is 0 Å². The van der Waals surface area contributed by atoms with Gasteiger partial charge in [0.25, 0.3) is 0 Å². The number of rotatable bonds is 8. The molecule has 1 heterocycles. The fourth-order valence-corrected chi connectivity index (χ4v) is 4.66. The zero-order chi connectivity index (χ0) is 25.0. The van der Waals surface area contributed by atoms with Crippen LogP contribution in [0.3, 0.4) is 0 Å². The minimum atomic E-state index is -1.27. The number of halogens is 3. The van der Waals surface area contributed by atoms with E-state index in [4.69, 9.17) is 0 Å². The van der Waals surface area contributed by atoms with Gasteiger partial charge in [-0.1, -0.05) is 30.3 Å². The van der Waals surface area contributed by atoms with E-state index in [0.717, 1.165) is 13.0 Å². The predicted octanol–water partition coefficient (Wildman–Crippen LogP) is 4.98. The molecular formula is C28H30F3NO3. The molecule has 3 aromatic carbocycles. The molecule has 0 aromatic heterocycles. The van der Waals surface area contributed by atoms with Gasteiger partial charge in [-0.15, -0.1) is 0 Å². The number of benzene rings is 3. The molecule has 186 valence electrons. The molecule has 2 atom stereocenters. The summed E-state index contributed by atoms with van der Waals surface area (Å²) in [5, 5.41) is 32.3. The van der Waals surface area contributed by atoms with E-state index in [9.17, 15) is 28.5 Å². The average molecular weight is 486 g/mol. The van der Waals surface area contributed by atoms with Crippen molar-refractivity contribution in [3.05, 3.63) is 106 Å². The highest BCUT2D eigenvalue weighted by Crippen LogP contribution is 2.36. The predicted molar refractivity (Wildman–Crippen MR) is 127 cm³/mol. The Kier molecular flexibility index (Phi) is 7.91. The topological polar surface area (TPSA) is 63.9 Å². The van der Waals surface area contributed by atoms with Crippen LogP contribution >= 0.6 is 0 Å². The molecule has 0 saturated carbocycles. The van der Waals surface area contributed by atoms with Gasteiger partial charge in [0.2, 0.25) is 0 Å². The van der Waals surface area contributed by atoms with Crippen molar-refractivity contribution < 1.29 is 28.5 Å². The SMILES string of the molecule is OC(CCCN1CCC(O)(c2ccc(F)c(C(O)c3ccc(F)cc3)c2)CC1)c1ccc(F)cc1. The second-order valence-corrected chi connectivity index (χ2v) is 9.27. The lowest BCUT2D eigenvalue weighted by Crippen LogP contribution is -2.43. The van der Waals surface area contributed by atoms with Crippen molar-refractivity contribution in [1.29, 1.82) is 0 Å². The Morgan fingerprint density at radius 2 is 1.37 bits per heavy atom. The molecule has 1 saturated heterocycles. The first-order chi connectivity index (χ1) is 16.7. The molecule has 2 unspecified atom stereocenters. The first-order valence-corrected chi connectivity index (χ1v) is 11.9. The third kappa shape index (κ3) is 6.11. The highest BCUT2D eigenvalue weighted by molar-refractivity contribution is 5.36. The molecule has 7 heteroatoms. The van der Waals surface area contributed by atoms with E-state index in [1.54, 1.807) is 18.2 Å². The smallest absolute Gasteiger partial charge is 0.129 e. The third-order valence-corrected chi connectivity index (χ3v) is 6.90. The van der Waals surface area contributed by atoms with Gasteiger partial charge in [0, 0.05) is 18.7 Å². The molecule has 4 nitrogen and oxygen atoms in total. The molecule has 0 bridgehead atoms. The molecule has 1 aliphatic heterocycles. The number of hydrogen-bond donors (Lipinski definition) is 3. The van der Waals surface area contributed by atoms with Gasteiger partial charge in [0.15, 0.2) is 0 Å². The number of hydrogen-bond acceptors (Lipinski definition) is 4. The lowest BCUT2D eigenvalue weighted by molar-refractivity contribution is -0.0268. The summed E-state index contributed by atoms with van der Waals surface area (Å²) in [7, 11) is 0. The summed E-state index contributed by atoms with van der Waals surface area (Å²) in [4.78, 5) is 2.21. The number of aliphatic hydroxyl groups is 3. The Morgan fingerprint density at radius 1 is 0.800 bits per heavy atom. The molecule has 1 fully saturated rings. The molecule has 0 aliphatic carbocycles. The summed E-state index contributed by atoms with van der Waals surface area (Å²) in [6.45, 7) is 2.03. The summed E-state index contributed by atoms with van der Waals surface area (Å²) in [5.74, 6) is -1.37. The van der Waals surface area contributed by atoms with Crippen molar-refractivity contribution >= 4 is 0 Å². The van der Waals surface area contributed by atoms with E-state index in [1.165, 1.54) is 48.5 Å². The number of aliphatic hydroxyl groups excluding tert-OH is 2. The average Bonchev–Trinajstić information content (AvgIpc) is 2.86. The van der Waals surface area contributed by atoms with Gasteiger partial charge in [-0.25, -0.2) is 13.2 Å². The third-order valence-electron chi connectivity index (χ3n) is 6.90. The molecule has 35 heavy (non-hydrogen) atoms. The van der Waals surface area contributed by atoms with Crippen LogP contribution in [-0.2, 0) is 5.60 Å². The molecule has 0 radical (unpaired) electrons. The van der Waals surface area contributed by atoms with Gasteiger partial charge in [-0.05, 0) is 85.3 Å². The van der Waals surface area contributed by atoms with Gasteiger partial charge in [-0.3, -0.25) is 0 Å². The molecular weight excluding hydrogens is 455 g/mol. The van der Waals surface area contributed by atoms with Crippen LogP contribution in [0.5, 0.6) is 0 Å². The monoisotopic (exact) mass is 485 g/mol. The van der Waals surface area contributed by atoms with E-state index in [-0.39, 0.29) is 11.4 Å². The van der Waals surface area contributed by atoms with Crippen LogP contribution in [0.4, 0.5) is 13.2 Å². The standard InChI is InChI=1S/C28H30F3NO3/c29-22-8-3-19(4-9-22)26(33)2-1-15-32-16-13-28(35,14-17-32)21-7-12-25(31)24(18-21)27(34)20-5-10-23(30)11-6-20/h3-12,18,26-27,33-35H,1-2,13-17H2. The van der Waals surface area contributed by atoms with E-state index < -0.39 is 29.4 Å². The van der Waals surface area contributed by atoms with Crippen molar-refractivity contribution in [3.8, 4) is 0 Å². The minimum Gasteiger partial charge on any atom is -0.388 e.